The third-order valence-corrected chi connectivity index (χ3v) is 4.62. The van der Waals surface area contributed by atoms with Crippen molar-refractivity contribution in [2.45, 2.75) is 13.0 Å². The Balaban J connectivity index is 0.000000755. The Labute approximate surface area is 166 Å². The van der Waals surface area contributed by atoms with Crippen molar-refractivity contribution in [2.24, 2.45) is 14.1 Å². The number of carbonyl (C=O) groups excluding carboxylic acids is 1. The molecule has 0 fully saturated rings. The minimum Gasteiger partial charge on any atom is -0.483 e. The molecule has 0 saturated carbocycles. The topological polar surface area (TPSA) is 123 Å². The summed E-state index contributed by atoms with van der Waals surface area (Å²) < 4.78 is 3.12. The van der Waals surface area contributed by atoms with Crippen molar-refractivity contribution >= 4 is 12.4 Å². The lowest BCUT2D eigenvalue weighted by Crippen LogP contribution is -2.39. The highest BCUT2D eigenvalue weighted by molar-refractivity contribution is 5.94. The smallest absolute Gasteiger partial charge is 0.290 e. The number of pyridine rings is 1. The maximum atomic E-state index is 12.9. The number of fused-ring (bicyclic) bond motifs is 1. The average molecular weight is 396 g/mol. The maximum absolute atomic E-state index is 12.9. The molecule has 29 heavy (non-hydrogen) atoms. The first kappa shape index (κ1) is 19.9. The van der Waals surface area contributed by atoms with Gasteiger partial charge in [-0.05, 0) is 12.1 Å². The van der Waals surface area contributed by atoms with Crippen molar-refractivity contribution in [2.75, 3.05) is 6.54 Å². The Hall–Kier alpha value is -3.82. The van der Waals surface area contributed by atoms with Crippen LogP contribution in [0.25, 0.3) is 11.3 Å². The zero-order chi connectivity index (χ0) is 21.0. The van der Waals surface area contributed by atoms with Crippen LogP contribution >= 0.6 is 0 Å². The van der Waals surface area contributed by atoms with Crippen LogP contribution < -0.4 is 5.56 Å². The number of carboxylic acid groups (broad SMARTS) is 1. The molecule has 0 saturated heterocycles. The Morgan fingerprint density at radius 2 is 2.03 bits per heavy atom. The zero-order valence-electron chi connectivity index (χ0n) is 16.0. The Bertz CT molecular complexity index is 1100. The molecule has 1 amide bonds. The SMILES string of the molecule is Cn1cc(-c2ncnc3c2CN(C(=O)c2cccn(C)c2=O)CC3)cn1.O=CO. The van der Waals surface area contributed by atoms with Gasteiger partial charge in [0, 0.05) is 57.1 Å². The first-order valence-corrected chi connectivity index (χ1v) is 8.80. The van der Waals surface area contributed by atoms with E-state index in [1.54, 1.807) is 47.5 Å². The highest BCUT2D eigenvalue weighted by Gasteiger charge is 2.27. The van der Waals surface area contributed by atoms with Gasteiger partial charge in [-0.15, -0.1) is 0 Å². The summed E-state index contributed by atoms with van der Waals surface area (Å²) in [5.41, 5.74) is 3.40. The molecule has 0 bridgehead atoms. The predicted molar refractivity (Wildman–Crippen MR) is 103 cm³/mol. The van der Waals surface area contributed by atoms with E-state index in [0.717, 1.165) is 22.5 Å². The van der Waals surface area contributed by atoms with Gasteiger partial charge in [-0.2, -0.15) is 5.10 Å². The van der Waals surface area contributed by atoms with E-state index in [9.17, 15) is 9.59 Å². The minimum atomic E-state index is -0.292. The van der Waals surface area contributed by atoms with Gasteiger partial charge in [-0.25, -0.2) is 9.97 Å². The summed E-state index contributed by atoms with van der Waals surface area (Å²) in [4.78, 5) is 44.0. The van der Waals surface area contributed by atoms with E-state index in [0.29, 0.717) is 19.5 Å². The quantitative estimate of drug-likeness (QED) is 0.625. The fourth-order valence-electron chi connectivity index (χ4n) is 3.24. The highest BCUT2D eigenvalue weighted by atomic mass is 16.3. The van der Waals surface area contributed by atoms with E-state index in [2.05, 4.69) is 15.1 Å². The maximum Gasteiger partial charge on any atom is 0.290 e. The lowest BCUT2D eigenvalue weighted by atomic mass is 10.0. The minimum absolute atomic E-state index is 0.179. The van der Waals surface area contributed by atoms with E-state index in [1.165, 1.54) is 4.57 Å². The number of aromatic nitrogens is 5. The van der Waals surface area contributed by atoms with E-state index < -0.39 is 0 Å². The van der Waals surface area contributed by atoms with E-state index in [1.807, 2.05) is 13.2 Å². The highest BCUT2D eigenvalue weighted by Crippen LogP contribution is 2.27. The number of hydrogen-bond acceptors (Lipinski definition) is 6. The van der Waals surface area contributed by atoms with Crippen molar-refractivity contribution in [3.8, 4) is 11.3 Å². The van der Waals surface area contributed by atoms with Crippen LogP contribution in [0.3, 0.4) is 0 Å². The Morgan fingerprint density at radius 3 is 2.72 bits per heavy atom. The lowest BCUT2D eigenvalue weighted by Gasteiger charge is -2.29. The summed E-state index contributed by atoms with van der Waals surface area (Å²) >= 11 is 0. The molecule has 4 rings (SSSR count). The van der Waals surface area contributed by atoms with Crippen LogP contribution in [0.15, 0.2) is 41.8 Å². The average Bonchev–Trinajstić information content (AvgIpc) is 3.15. The molecule has 0 unspecified atom stereocenters. The molecule has 3 aromatic rings. The summed E-state index contributed by atoms with van der Waals surface area (Å²) in [5, 5.41) is 11.1. The second kappa shape index (κ2) is 8.46. The molecular formula is C19H20N6O4. The van der Waals surface area contributed by atoms with Gasteiger partial charge in [-0.1, -0.05) is 0 Å². The van der Waals surface area contributed by atoms with Gasteiger partial charge >= 0.3 is 0 Å². The van der Waals surface area contributed by atoms with Crippen LogP contribution in [0.1, 0.15) is 21.6 Å². The molecule has 3 aromatic heterocycles. The molecule has 1 aliphatic heterocycles. The van der Waals surface area contributed by atoms with Crippen molar-refractivity contribution < 1.29 is 14.7 Å². The summed E-state index contributed by atoms with van der Waals surface area (Å²) in [5.74, 6) is -0.266. The van der Waals surface area contributed by atoms with Crippen LogP contribution in [0, 0.1) is 0 Å². The molecular weight excluding hydrogens is 376 g/mol. The van der Waals surface area contributed by atoms with Crippen molar-refractivity contribution in [1.29, 1.82) is 0 Å². The van der Waals surface area contributed by atoms with Crippen LogP contribution in [0.5, 0.6) is 0 Å². The van der Waals surface area contributed by atoms with Crippen LogP contribution in [0.2, 0.25) is 0 Å². The fraction of sp³-hybridized carbons (Fsp3) is 0.263. The van der Waals surface area contributed by atoms with E-state index in [4.69, 9.17) is 9.90 Å². The first-order valence-electron chi connectivity index (χ1n) is 8.80. The molecule has 150 valence electrons. The summed E-state index contributed by atoms with van der Waals surface area (Å²) in [6.07, 6.45) is 7.45. The third kappa shape index (κ3) is 4.05. The second-order valence-corrected chi connectivity index (χ2v) is 6.47. The lowest BCUT2D eigenvalue weighted by molar-refractivity contribution is -0.122. The standard InChI is InChI=1S/C18H18N6O2.CH2O2/c1-22-6-3-4-13(17(22)25)18(26)24-7-5-15-14(10-24)16(20-11-19-15)12-8-21-23(2)9-12;2-1-3/h3-4,6,8-9,11H,5,7,10H2,1-2H3;1H,(H,2,3). The van der Waals surface area contributed by atoms with Crippen LogP contribution in [-0.2, 0) is 31.9 Å². The number of nitrogens with zero attached hydrogens (tertiary/aromatic N) is 6. The summed E-state index contributed by atoms with van der Waals surface area (Å²) in [6.45, 7) is 0.644. The number of carbonyl (C=O) groups is 2. The molecule has 0 aliphatic carbocycles. The van der Waals surface area contributed by atoms with Gasteiger partial charge in [0.05, 0.1) is 17.6 Å². The van der Waals surface area contributed by atoms with E-state index in [-0.39, 0.29) is 23.5 Å². The largest absolute Gasteiger partial charge is 0.483 e. The third-order valence-electron chi connectivity index (χ3n) is 4.62. The normalized spacial score (nSPS) is 12.6. The monoisotopic (exact) mass is 396 g/mol. The van der Waals surface area contributed by atoms with Crippen molar-refractivity contribution in [3.05, 3.63) is 64.2 Å². The number of rotatable bonds is 2. The number of amides is 1. The van der Waals surface area contributed by atoms with Gasteiger partial charge in [0.1, 0.15) is 11.9 Å². The van der Waals surface area contributed by atoms with Gasteiger partial charge in [0.15, 0.2) is 0 Å². The molecule has 4 heterocycles. The van der Waals surface area contributed by atoms with Crippen LogP contribution in [-0.4, -0.2) is 53.2 Å². The molecule has 0 atom stereocenters. The number of hydrogen-bond donors (Lipinski definition) is 1. The summed E-state index contributed by atoms with van der Waals surface area (Å²) in [6, 6.07) is 3.28. The first-order chi connectivity index (χ1) is 14.0. The molecule has 1 N–H and O–H groups in total. The fourth-order valence-corrected chi connectivity index (χ4v) is 3.24. The van der Waals surface area contributed by atoms with Gasteiger partial charge in [-0.3, -0.25) is 19.1 Å². The molecule has 10 heteroatoms. The Kier molecular flexibility index (Phi) is 5.82. The van der Waals surface area contributed by atoms with Gasteiger partial charge in [0.25, 0.3) is 17.9 Å². The molecule has 10 nitrogen and oxygen atoms in total. The number of aryl methyl sites for hydroxylation is 2. The van der Waals surface area contributed by atoms with Gasteiger partial charge in [0.2, 0.25) is 0 Å². The molecule has 0 spiro atoms. The Morgan fingerprint density at radius 1 is 1.28 bits per heavy atom. The van der Waals surface area contributed by atoms with E-state index >= 15 is 0 Å². The van der Waals surface area contributed by atoms with Crippen molar-refractivity contribution in [1.82, 2.24) is 29.2 Å². The van der Waals surface area contributed by atoms with Crippen molar-refractivity contribution in [3.63, 3.8) is 0 Å². The summed E-state index contributed by atoms with van der Waals surface area (Å²) in [7, 11) is 3.48. The molecule has 0 aromatic carbocycles. The molecule has 0 radical (unpaired) electrons. The molecule has 1 aliphatic rings. The second-order valence-electron chi connectivity index (χ2n) is 6.47. The predicted octanol–water partition coefficient (Wildman–Crippen LogP) is 0.475. The zero-order valence-corrected chi connectivity index (χ0v) is 16.0. The van der Waals surface area contributed by atoms with Crippen LogP contribution in [0.4, 0.5) is 0 Å². The van der Waals surface area contributed by atoms with Gasteiger partial charge < -0.3 is 14.6 Å².